The standard InChI is InChI=1S/C10H16N2O/c11-8-4-1-2-6-12-10(8)9-5-3-7-13-9/h3,5,7-8,10,12H,1-2,4,6,11H2/t8-,10-/m0/s1. The van der Waals surface area contributed by atoms with Crippen LogP contribution in [0, 0.1) is 0 Å². The van der Waals surface area contributed by atoms with Gasteiger partial charge in [0, 0.05) is 6.04 Å². The van der Waals surface area contributed by atoms with Gasteiger partial charge in [0.25, 0.3) is 0 Å². The normalized spacial score (nSPS) is 29.9. The van der Waals surface area contributed by atoms with Crippen molar-refractivity contribution < 1.29 is 4.42 Å². The maximum Gasteiger partial charge on any atom is 0.122 e. The summed E-state index contributed by atoms with van der Waals surface area (Å²) in [5.74, 6) is 0.967. The van der Waals surface area contributed by atoms with Crippen LogP contribution in [0.15, 0.2) is 22.8 Å². The van der Waals surface area contributed by atoms with Gasteiger partial charge in [0.05, 0.1) is 12.3 Å². The summed E-state index contributed by atoms with van der Waals surface area (Å²) < 4.78 is 5.36. The third-order valence-electron chi connectivity index (χ3n) is 2.61. The van der Waals surface area contributed by atoms with Crippen LogP contribution >= 0.6 is 0 Å². The molecule has 3 nitrogen and oxygen atoms in total. The average molecular weight is 180 g/mol. The van der Waals surface area contributed by atoms with Gasteiger partial charge in [-0.15, -0.1) is 0 Å². The fraction of sp³-hybridized carbons (Fsp3) is 0.600. The number of hydrogen-bond acceptors (Lipinski definition) is 3. The van der Waals surface area contributed by atoms with Crippen LogP contribution < -0.4 is 11.1 Å². The number of nitrogens with one attached hydrogen (secondary N) is 1. The molecule has 1 aliphatic heterocycles. The summed E-state index contributed by atoms with van der Waals surface area (Å²) in [4.78, 5) is 0. The summed E-state index contributed by atoms with van der Waals surface area (Å²) >= 11 is 0. The van der Waals surface area contributed by atoms with Gasteiger partial charge in [-0.1, -0.05) is 6.42 Å². The van der Waals surface area contributed by atoms with Gasteiger partial charge in [-0.2, -0.15) is 0 Å². The molecule has 1 saturated heterocycles. The van der Waals surface area contributed by atoms with E-state index in [0.29, 0.717) is 0 Å². The van der Waals surface area contributed by atoms with E-state index in [1.807, 2.05) is 12.1 Å². The van der Waals surface area contributed by atoms with Crippen molar-refractivity contribution in [2.45, 2.75) is 31.3 Å². The minimum absolute atomic E-state index is 0.189. The topological polar surface area (TPSA) is 51.2 Å². The summed E-state index contributed by atoms with van der Waals surface area (Å²) in [6.45, 7) is 1.04. The van der Waals surface area contributed by atoms with Crippen LogP contribution in [0.4, 0.5) is 0 Å². The summed E-state index contributed by atoms with van der Waals surface area (Å²) in [5, 5.41) is 3.42. The van der Waals surface area contributed by atoms with Crippen molar-refractivity contribution in [1.82, 2.24) is 5.32 Å². The first-order valence-corrected chi connectivity index (χ1v) is 4.90. The van der Waals surface area contributed by atoms with Gasteiger partial charge >= 0.3 is 0 Å². The lowest BCUT2D eigenvalue weighted by molar-refractivity contribution is 0.375. The second-order valence-electron chi connectivity index (χ2n) is 3.61. The van der Waals surface area contributed by atoms with E-state index >= 15 is 0 Å². The van der Waals surface area contributed by atoms with Gasteiger partial charge in [-0.3, -0.25) is 0 Å². The fourth-order valence-electron chi connectivity index (χ4n) is 1.86. The molecule has 1 aromatic heterocycles. The second-order valence-corrected chi connectivity index (χ2v) is 3.61. The van der Waals surface area contributed by atoms with Gasteiger partial charge in [-0.05, 0) is 31.5 Å². The van der Waals surface area contributed by atoms with Gasteiger partial charge in [0.15, 0.2) is 0 Å². The zero-order chi connectivity index (χ0) is 9.10. The average Bonchev–Trinajstić information content (AvgIpc) is 2.56. The van der Waals surface area contributed by atoms with Crippen molar-refractivity contribution >= 4 is 0 Å². The minimum atomic E-state index is 0.189. The highest BCUT2D eigenvalue weighted by Gasteiger charge is 2.23. The van der Waals surface area contributed by atoms with Crippen LogP contribution in [0.25, 0.3) is 0 Å². The van der Waals surface area contributed by atoms with Crippen LogP contribution in [0.3, 0.4) is 0 Å². The molecule has 1 fully saturated rings. The third kappa shape index (κ3) is 1.92. The predicted molar refractivity (Wildman–Crippen MR) is 51.3 cm³/mol. The van der Waals surface area contributed by atoms with Crippen LogP contribution in [0.2, 0.25) is 0 Å². The summed E-state index contributed by atoms with van der Waals surface area (Å²) in [6, 6.07) is 4.29. The van der Waals surface area contributed by atoms with Gasteiger partial charge in [0.2, 0.25) is 0 Å². The second kappa shape index (κ2) is 3.94. The largest absolute Gasteiger partial charge is 0.468 e. The van der Waals surface area contributed by atoms with E-state index < -0.39 is 0 Å². The SMILES string of the molecule is N[C@H]1CCCCN[C@@H]1c1ccco1. The molecular formula is C10H16N2O. The first kappa shape index (κ1) is 8.78. The van der Waals surface area contributed by atoms with E-state index in [0.717, 1.165) is 18.7 Å². The number of furan rings is 1. The molecule has 1 aliphatic rings. The Balaban J connectivity index is 2.11. The predicted octanol–water partition coefficient (Wildman–Crippen LogP) is 1.42. The molecular weight excluding hydrogens is 164 g/mol. The molecule has 0 saturated carbocycles. The Morgan fingerprint density at radius 1 is 1.46 bits per heavy atom. The number of rotatable bonds is 1. The highest BCUT2D eigenvalue weighted by atomic mass is 16.3. The quantitative estimate of drug-likeness (QED) is 0.687. The Morgan fingerprint density at radius 3 is 3.15 bits per heavy atom. The van der Waals surface area contributed by atoms with E-state index in [-0.39, 0.29) is 12.1 Å². The molecule has 0 bridgehead atoms. The van der Waals surface area contributed by atoms with Gasteiger partial charge < -0.3 is 15.5 Å². The molecule has 3 N–H and O–H groups in total. The lowest BCUT2D eigenvalue weighted by atomic mass is 10.0. The van der Waals surface area contributed by atoms with Crippen molar-refractivity contribution in [2.75, 3.05) is 6.54 Å². The molecule has 0 unspecified atom stereocenters. The fourth-order valence-corrected chi connectivity index (χ4v) is 1.86. The minimum Gasteiger partial charge on any atom is -0.468 e. The monoisotopic (exact) mass is 180 g/mol. The van der Waals surface area contributed by atoms with Gasteiger partial charge in [0.1, 0.15) is 5.76 Å². The highest BCUT2D eigenvalue weighted by molar-refractivity contribution is 5.07. The first-order valence-electron chi connectivity index (χ1n) is 4.90. The van der Waals surface area contributed by atoms with Crippen molar-refractivity contribution in [1.29, 1.82) is 0 Å². The molecule has 72 valence electrons. The van der Waals surface area contributed by atoms with Crippen LogP contribution in [-0.4, -0.2) is 12.6 Å². The molecule has 3 heteroatoms. The lowest BCUT2D eigenvalue weighted by Crippen LogP contribution is -2.35. The molecule has 0 aliphatic carbocycles. The number of nitrogens with two attached hydrogens (primary N) is 1. The Bertz CT molecular complexity index is 245. The van der Waals surface area contributed by atoms with Crippen LogP contribution in [0.5, 0.6) is 0 Å². The molecule has 0 spiro atoms. The molecule has 0 aromatic carbocycles. The third-order valence-corrected chi connectivity index (χ3v) is 2.61. The zero-order valence-corrected chi connectivity index (χ0v) is 7.70. The Labute approximate surface area is 78.3 Å². The van der Waals surface area contributed by atoms with E-state index in [1.54, 1.807) is 6.26 Å². The van der Waals surface area contributed by atoms with Crippen molar-refractivity contribution in [3.05, 3.63) is 24.2 Å². The Hall–Kier alpha value is -0.800. The summed E-state index contributed by atoms with van der Waals surface area (Å²) in [7, 11) is 0. The maximum absolute atomic E-state index is 6.05. The first-order chi connectivity index (χ1) is 6.38. The summed E-state index contributed by atoms with van der Waals surface area (Å²) in [6.07, 6.45) is 5.21. The maximum atomic E-state index is 6.05. The highest BCUT2D eigenvalue weighted by Crippen LogP contribution is 2.21. The van der Waals surface area contributed by atoms with Crippen molar-refractivity contribution in [2.24, 2.45) is 5.73 Å². The van der Waals surface area contributed by atoms with Crippen molar-refractivity contribution in [3.63, 3.8) is 0 Å². The molecule has 13 heavy (non-hydrogen) atoms. The van der Waals surface area contributed by atoms with E-state index in [9.17, 15) is 0 Å². The smallest absolute Gasteiger partial charge is 0.122 e. The van der Waals surface area contributed by atoms with Crippen LogP contribution in [-0.2, 0) is 0 Å². The van der Waals surface area contributed by atoms with E-state index in [1.165, 1.54) is 12.8 Å². The molecule has 1 aromatic rings. The van der Waals surface area contributed by atoms with Crippen molar-refractivity contribution in [3.8, 4) is 0 Å². The van der Waals surface area contributed by atoms with Crippen LogP contribution in [0.1, 0.15) is 31.1 Å². The number of hydrogen-bond donors (Lipinski definition) is 2. The summed E-state index contributed by atoms with van der Waals surface area (Å²) in [5.41, 5.74) is 6.05. The Morgan fingerprint density at radius 2 is 2.38 bits per heavy atom. The molecule has 2 heterocycles. The lowest BCUT2D eigenvalue weighted by Gasteiger charge is -2.19. The molecule has 2 rings (SSSR count). The Kier molecular flexibility index (Phi) is 2.66. The zero-order valence-electron chi connectivity index (χ0n) is 7.70. The molecule has 0 amide bonds. The van der Waals surface area contributed by atoms with E-state index in [4.69, 9.17) is 10.2 Å². The molecule has 0 radical (unpaired) electrons. The molecule has 2 atom stereocenters. The van der Waals surface area contributed by atoms with Gasteiger partial charge in [-0.25, -0.2) is 0 Å². The van der Waals surface area contributed by atoms with E-state index in [2.05, 4.69) is 5.32 Å².